The van der Waals surface area contributed by atoms with Gasteiger partial charge in [-0.25, -0.2) is 0 Å². The number of aliphatic carboxylic acids is 1. The summed E-state index contributed by atoms with van der Waals surface area (Å²) in [5.74, 6) is -0.983. The van der Waals surface area contributed by atoms with Crippen molar-refractivity contribution in [2.45, 2.75) is 57.8 Å². The fraction of sp³-hybridized carbons (Fsp3) is 0.833. The summed E-state index contributed by atoms with van der Waals surface area (Å²) in [6.07, 6.45) is 9.01. The van der Waals surface area contributed by atoms with E-state index >= 15 is 0 Å². The quantitative estimate of drug-likeness (QED) is 0.779. The van der Waals surface area contributed by atoms with Gasteiger partial charge in [-0.15, -0.1) is 0 Å². The number of hydrogen-bond donors (Lipinski definition) is 1. The van der Waals surface area contributed by atoms with Crippen molar-refractivity contribution in [3.05, 3.63) is 0 Å². The topological polar surface area (TPSA) is 77.9 Å². The van der Waals surface area contributed by atoms with Crippen molar-refractivity contribution in [3.8, 4) is 0 Å². The maximum atomic E-state index is 12.4. The van der Waals surface area contributed by atoms with E-state index in [1.54, 1.807) is 11.9 Å². The first-order valence-electron chi connectivity index (χ1n) is 9.22. The molecule has 0 aromatic heterocycles. The predicted octanol–water partition coefficient (Wildman–Crippen LogP) is 2.13. The highest BCUT2D eigenvalue weighted by molar-refractivity contribution is 5.85. The van der Waals surface area contributed by atoms with Gasteiger partial charge < -0.3 is 14.9 Å². The normalized spacial score (nSPS) is 22.7. The second-order valence-corrected chi connectivity index (χ2v) is 7.33. The van der Waals surface area contributed by atoms with E-state index in [-0.39, 0.29) is 24.9 Å². The molecule has 2 fully saturated rings. The van der Waals surface area contributed by atoms with E-state index in [0.29, 0.717) is 31.7 Å². The van der Waals surface area contributed by atoms with Crippen LogP contribution in [-0.2, 0) is 14.4 Å². The van der Waals surface area contributed by atoms with Crippen LogP contribution in [0, 0.1) is 11.8 Å². The maximum Gasteiger partial charge on any atom is 0.308 e. The van der Waals surface area contributed by atoms with E-state index in [1.807, 2.05) is 0 Å². The lowest BCUT2D eigenvalue weighted by molar-refractivity contribution is -0.147. The molecule has 1 saturated carbocycles. The number of carbonyl (C=O) groups excluding carboxylic acids is 2. The standard InChI is InChI=1S/C18H30N2O4/c1-19(16(21)11-14-7-4-2-3-5-8-14)13-17(22)20-10-6-9-15(12-20)18(23)24/h14-15H,2-13H2,1H3,(H,23,24). The highest BCUT2D eigenvalue weighted by atomic mass is 16.4. The molecule has 136 valence electrons. The van der Waals surface area contributed by atoms with Gasteiger partial charge in [-0.1, -0.05) is 25.7 Å². The van der Waals surface area contributed by atoms with Crippen LogP contribution in [0.2, 0.25) is 0 Å². The van der Waals surface area contributed by atoms with E-state index in [9.17, 15) is 14.4 Å². The zero-order chi connectivity index (χ0) is 17.5. The van der Waals surface area contributed by atoms with Crippen molar-refractivity contribution < 1.29 is 19.5 Å². The van der Waals surface area contributed by atoms with Crippen molar-refractivity contribution in [1.29, 1.82) is 0 Å². The molecular weight excluding hydrogens is 308 g/mol. The molecule has 6 nitrogen and oxygen atoms in total. The molecule has 1 aliphatic carbocycles. The lowest BCUT2D eigenvalue weighted by Crippen LogP contribution is -2.47. The molecule has 0 bridgehead atoms. The van der Waals surface area contributed by atoms with Crippen LogP contribution in [0.3, 0.4) is 0 Å². The Hall–Kier alpha value is -1.59. The third-order valence-electron chi connectivity index (χ3n) is 5.36. The molecule has 2 rings (SSSR count). The van der Waals surface area contributed by atoms with E-state index in [1.165, 1.54) is 30.6 Å². The van der Waals surface area contributed by atoms with Crippen LogP contribution >= 0.6 is 0 Å². The first-order chi connectivity index (χ1) is 11.5. The molecule has 24 heavy (non-hydrogen) atoms. The Bertz CT molecular complexity index is 458. The Balaban J connectivity index is 1.79. The van der Waals surface area contributed by atoms with Gasteiger partial charge in [-0.3, -0.25) is 14.4 Å². The number of rotatable bonds is 5. The molecule has 2 aliphatic rings. The summed E-state index contributed by atoms with van der Waals surface area (Å²) < 4.78 is 0. The van der Waals surface area contributed by atoms with Gasteiger partial charge in [0.1, 0.15) is 0 Å². The minimum atomic E-state index is -0.842. The second kappa shape index (κ2) is 9.04. The molecule has 0 spiro atoms. The van der Waals surface area contributed by atoms with Gasteiger partial charge in [0.2, 0.25) is 11.8 Å². The fourth-order valence-electron chi connectivity index (χ4n) is 3.77. The average molecular weight is 338 g/mol. The Labute approximate surface area is 144 Å². The molecule has 0 aromatic carbocycles. The van der Waals surface area contributed by atoms with Crippen LogP contribution in [0.5, 0.6) is 0 Å². The summed E-state index contributed by atoms with van der Waals surface area (Å²) in [5, 5.41) is 9.11. The molecule has 0 aromatic rings. The molecule has 1 N–H and O–H groups in total. The molecule has 1 aliphatic heterocycles. The summed E-state index contributed by atoms with van der Waals surface area (Å²) in [4.78, 5) is 38.9. The van der Waals surface area contributed by atoms with Gasteiger partial charge in [0.25, 0.3) is 0 Å². The minimum absolute atomic E-state index is 0.0297. The average Bonchev–Trinajstić information content (AvgIpc) is 2.83. The van der Waals surface area contributed by atoms with Crippen molar-refractivity contribution >= 4 is 17.8 Å². The number of carboxylic acids is 1. The van der Waals surface area contributed by atoms with Crippen LogP contribution < -0.4 is 0 Å². The number of likely N-dealkylation sites (N-methyl/N-ethyl adjacent to an activating group) is 1. The van der Waals surface area contributed by atoms with Gasteiger partial charge in [0.05, 0.1) is 12.5 Å². The van der Waals surface area contributed by atoms with E-state index in [2.05, 4.69) is 0 Å². The Kier molecular flexibility index (Phi) is 7.06. The van der Waals surface area contributed by atoms with E-state index < -0.39 is 11.9 Å². The number of carboxylic acid groups (broad SMARTS) is 1. The molecule has 6 heteroatoms. The van der Waals surface area contributed by atoms with E-state index in [0.717, 1.165) is 12.8 Å². The summed E-state index contributed by atoms with van der Waals surface area (Å²) in [6, 6.07) is 0. The maximum absolute atomic E-state index is 12.4. The number of amides is 2. The molecule has 2 amide bonds. The van der Waals surface area contributed by atoms with Crippen molar-refractivity contribution in [1.82, 2.24) is 9.80 Å². The minimum Gasteiger partial charge on any atom is -0.481 e. The molecule has 0 radical (unpaired) electrons. The number of nitrogens with zero attached hydrogens (tertiary/aromatic N) is 2. The third kappa shape index (κ3) is 5.49. The Morgan fingerprint density at radius 3 is 2.33 bits per heavy atom. The fourth-order valence-corrected chi connectivity index (χ4v) is 3.77. The zero-order valence-electron chi connectivity index (χ0n) is 14.7. The molecular formula is C18H30N2O4. The first-order valence-corrected chi connectivity index (χ1v) is 9.22. The Morgan fingerprint density at radius 2 is 1.71 bits per heavy atom. The van der Waals surface area contributed by atoms with Gasteiger partial charge >= 0.3 is 5.97 Å². The van der Waals surface area contributed by atoms with Gasteiger partial charge in [-0.05, 0) is 31.6 Å². The van der Waals surface area contributed by atoms with Gasteiger partial charge in [0.15, 0.2) is 0 Å². The lowest BCUT2D eigenvalue weighted by Gasteiger charge is -2.32. The van der Waals surface area contributed by atoms with Crippen molar-refractivity contribution in [2.75, 3.05) is 26.7 Å². The molecule has 1 atom stereocenters. The number of piperidine rings is 1. The van der Waals surface area contributed by atoms with Crippen LogP contribution in [0.4, 0.5) is 0 Å². The zero-order valence-corrected chi connectivity index (χ0v) is 14.7. The van der Waals surface area contributed by atoms with Gasteiger partial charge in [0, 0.05) is 26.6 Å². The monoisotopic (exact) mass is 338 g/mol. The lowest BCUT2D eigenvalue weighted by atomic mass is 9.96. The summed E-state index contributed by atoms with van der Waals surface area (Å²) in [6.45, 7) is 0.907. The highest BCUT2D eigenvalue weighted by Crippen LogP contribution is 2.26. The SMILES string of the molecule is CN(CC(=O)N1CCCC(C(=O)O)C1)C(=O)CC1CCCCCC1. The van der Waals surface area contributed by atoms with Crippen molar-refractivity contribution in [2.24, 2.45) is 11.8 Å². The first kappa shape index (κ1) is 18.7. The summed E-state index contributed by atoms with van der Waals surface area (Å²) in [5.41, 5.74) is 0. The molecule has 1 heterocycles. The van der Waals surface area contributed by atoms with Crippen LogP contribution in [-0.4, -0.2) is 59.4 Å². The van der Waals surface area contributed by atoms with Crippen molar-refractivity contribution in [3.63, 3.8) is 0 Å². The Morgan fingerprint density at radius 1 is 1.04 bits per heavy atom. The molecule has 1 saturated heterocycles. The summed E-state index contributed by atoms with van der Waals surface area (Å²) in [7, 11) is 1.68. The second-order valence-electron chi connectivity index (χ2n) is 7.33. The van der Waals surface area contributed by atoms with Crippen LogP contribution in [0.15, 0.2) is 0 Å². The number of carbonyl (C=O) groups is 3. The third-order valence-corrected chi connectivity index (χ3v) is 5.36. The number of likely N-dealkylation sites (tertiary alicyclic amines) is 1. The highest BCUT2D eigenvalue weighted by Gasteiger charge is 2.29. The van der Waals surface area contributed by atoms with Gasteiger partial charge in [-0.2, -0.15) is 0 Å². The van der Waals surface area contributed by atoms with E-state index in [4.69, 9.17) is 5.11 Å². The largest absolute Gasteiger partial charge is 0.481 e. The molecule has 1 unspecified atom stereocenters. The summed E-state index contributed by atoms with van der Waals surface area (Å²) >= 11 is 0. The van der Waals surface area contributed by atoms with Crippen LogP contribution in [0.1, 0.15) is 57.8 Å². The predicted molar refractivity (Wildman–Crippen MR) is 90.4 cm³/mol. The smallest absolute Gasteiger partial charge is 0.308 e. The van der Waals surface area contributed by atoms with Crippen LogP contribution in [0.25, 0.3) is 0 Å². The number of hydrogen-bond acceptors (Lipinski definition) is 3.